The molecule has 10 aliphatic rings. The molecule has 0 N–H and O–H groups in total. The number of hydrogen-bond acceptors (Lipinski definition) is 4. The summed E-state index contributed by atoms with van der Waals surface area (Å²) in [5.41, 5.74) is 2.53. The average molecular weight is 595 g/mol. The van der Waals surface area contributed by atoms with Crippen LogP contribution in [-0.4, -0.2) is 64.7 Å². The molecule has 14 unspecified atom stereocenters. The number of allylic oxidation sites excluding steroid dienone is 3. The molecule has 5 heteroatoms. The maximum absolute atomic E-state index is 7.16. The monoisotopic (exact) mass is 594 g/mol. The van der Waals surface area contributed by atoms with Crippen molar-refractivity contribution in [1.82, 2.24) is 9.80 Å². The minimum atomic E-state index is 0.226. The summed E-state index contributed by atoms with van der Waals surface area (Å²) in [6.45, 7) is 11.1. The van der Waals surface area contributed by atoms with Crippen molar-refractivity contribution >= 4 is 6.71 Å². The molecule has 236 valence electrons. The molecule has 5 heterocycles. The van der Waals surface area contributed by atoms with Crippen molar-refractivity contribution in [3.63, 3.8) is 0 Å². The molecule has 4 nitrogen and oxygen atoms in total. The van der Waals surface area contributed by atoms with Crippen LogP contribution in [0.3, 0.4) is 0 Å². The van der Waals surface area contributed by atoms with Crippen LogP contribution in [0.5, 0.6) is 0 Å². The third kappa shape index (κ3) is 3.43. The zero-order chi connectivity index (χ0) is 29.5. The highest BCUT2D eigenvalue weighted by molar-refractivity contribution is 6.66. The maximum Gasteiger partial charge on any atom is 0.165 e. The zero-order valence-corrected chi connectivity index (χ0v) is 27.7. The number of fused-ring (bicyclic) bond motifs is 8. The first-order valence-corrected chi connectivity index (χ1v) is 19.0. The van der Waals surface area contributed by atoms with E-state index >= 15 is 0 Å². The Kier molecular flexibility index (Phi) is 6.08. The van der Waals surface area contributed by atoms with E-state index in [0.717, 1.165) is 30.9 Å². The van der Waals surface area contributed by atoms with E-state index < -0.39 is 0 Å². The van der Waals surface area contributed by atoms with Crippen LogP contribution >= 0.6 is 0 Å². The second kappa shape index (κ2) is 9.63. The Labute approximate surface area is 266 Å². The fourth-order valence-electron chi connectivity index (χ4n) is 14.5. The first kappa shape index (κ1) is 27.8. The van der Waals surface area contributed by atoms with Gasteiger partial charge in [-0.05, 0) is 94.0 Å². The molecule has 5 aliphatic heterocycles. The molecular weight excluding hydrogens is 539 g/mol. The molecule has 0 radical (unpaired) electrons. The predicted octanol–water partition coefficient (Wildman–Crippen LogP) is 8.02. The van der Waals surface area contributed by atoms with Gasteiger partial charge in [0.1, 0.15) is 6.23 Å². The molecule has 0 aromatic carbocycles. The average Bonchev–Trinajstić information content (AvgIpc) is 3.65. The topological polar surface area (TPSA) is 24.9 Å². The molecule has 10 rings (SSSR count). The van der Waals surface area contributed by atoms with Crippen LogP contribution in [-0.2, 0) is 9.47 Å². The summed E-state index contributed by atoms with van der Waals surface area (Å²) in [5.74, 6) is 4.56. The highest BCUT2D eigenvalue weighted by Crippen LogP contribution is 2.72. The molecular formula is C39H55BN2O2. The SMILES string of the molecule is CC1C=C2C3B(C4CC(C)OC4N(C4CC=CC5C6C=CC=CC6OC54)C3C1)C1CCCC3C1N2C(C)(C)C31CCCCC1. The summed E-state index contributed by atoms with van der Waals surface area (Å²) in [6.07, 6.45) is 33.4. The third-order valence-electron chi connectivity index (χ3n) is 15.8. The van der Waals surface area contributed by atoms with Crippen LogP contribution in [0.2, 0.25) is 17.5 Å². The second-order valence-corrected chi connectivity index (χ2v) is 17.7. The van der Waals surface area contributed by atoms with E-state index in [1.54, 1.807) is 5.70 Å². The number of rotatable bonds is 1. The predicted molar refractivity (Wildman–Crippen MR) is 177 cm³/mol. The van der Waals surface area contributed by atoms with Crippen LogP contribution in [0.15, 0.2) is 48.2 Å². The Morgan fingerprint density at radius 2 is 1.70 bits per heavy atom. The van der Waals surface area contributed by atoms with Crippen molar-refractivity contribution in [1.29, 1.82) is 0 Å². The van der Waals surface area contributed by atoms with Crippen LogP contribution in [0, 0.1) is 29.1 Å². The second-order valence-electron chi connectivity index (χ2n) is 17.7. The van der Waals surface area contributed by atoms with Gasteiger partial charge < -0.3 is 14.4 Å². The van der Waals surface area contributed by atoms with Gasteiger partial charge in [-0.1, -0.05) is 81.6 Å². The maximum atomic E-state index is 7.16. The minimum Gasteiger partial charge on any atom is -0.368 e. The molecule has 1 spiro atoms. The molecule has 5 saturated heterocycles. The van der Waals surface area contributed by atoms with Crippen molar-refractivity contribution in [2.45, 2.75) is 164 Å². The summed E-state index contributed by atoms with van der Waals surface area (Å²) >= 11 is 0. The van der Waals surface area contributed by atoms with E-state index in [9.17, 15) is 0 Å². The highest BCUT2D eigenvalue weighted by atomic mass is 16.5. The molecule has 7 fully saturated rings. The normalized spacial score (nSPS) is 52.3. The molecule has 0 aromatic heterocycles. The molecule has 0 aromatic rings. The molecule has 2 saturated carbocycles. The fourth-order valence-corrected chi connectivity index (χ4v) is 14.5. The van der Waals surface area contributed by atoms with Gasteiger partial charge in [0.25, 0.3) is 0 Å². The summed E-state index contributed by atoms with van der Waals surface area (Å²) < 4.78 is 14.2. The minimum absolute atomic E-state index is 0.226. The smallest absolute Gasteiger partial charge is 0.165 e. The molecule has 5 aliphatic carbocycles. The lowest BCUT2D eigenvalue weighted by molar-refractivity contribution is -0.133. The van der Waals surface area contributed by atoms with Gasteiger partial charge in [0.2, 0.25) is 0 Å². The number of ether oxygens (including phenoxy) is 2. The van der Waals surface area contributed by atoms with Crippen LogP contribution < -0.4 is 0 Å². The van der Waals surface area contributed by atoms with E-state index in [1.165, 1.54) is 64.2 Å². The van der Waals surface area contributed by atoms with Gasteiger partial charge in [-0.2, -0.15) is 0 Å². The fraction of sp³-hybridized carbons (Fsp3) is 0.795. The molecule has 14 atom stereocenters. The zero-order valence-electron chi connectivity index (χ0n) is 27.7. The standard InChI is InChI=1S/C39H55BN2O2/c1-23-20-31-34-32(21-23)42-35-27(39(38(42,3)4)18-8-5-9-19-39)14-11-15-28(35)40(34)29-22-24(2)43-37(29)41(31)30-16-10-13-26-25-12-6-7-17-33(25)44-36(26)30/h6-7,10,12-13,17,21,23-31,33-37H,5,8-9,11,14-16,18-20,22H2,1-4H3. The summed E-state index contributed by atoms with van der Waals surface area (Å²) in [5, 5.41) is 0. The van der Waals surface area contributed by atoms with Crippen molar-refractivity contribution in [2.75, 3.05) is 0 Å². The quantitative estimate of drug-likeness (QED) is 0.227. The first-order valence-electron chi connectivity index (χ1n) is 19.0. The van der Waals surface area contributed by atoms with Crippen LogP contribution in [0.4, 0.5) is 0 Å². The Morgan fingerprint density at radius 3 is 2.57 bits per heavy atom. The number of hydrogen-bond donors (Lipinski definition) is 0. The lowest BCUT2D eigenvalue weighted by Crippen LogP contribution is -2.70. The lowest BCUT2D eigenvalue weighted by Gasteiger charge is -2.64. The van der Waals surface area contributed by atoms with Gasteiger partial charge in [-0.25, -0.2) is 0 Å². The largest absolute Gasteiger partial charge is 0.368 e. The van der Waals surface area contributed by atoms with Gasteiger partial charge in [0.15, 0.2) is 6.71 Å². The summed E-state index contributed by atoms with van der Waals surface area (Å²) in [4.78, 5) is 6.18. The molecule has 0 amide bonds. The van der Waals surface area contributed by atoms with Gasteiger partial charge in [-0.15, -0.1) is 0 Å². The van der Waals surface area contributed by atoms with E-state index in [0.29, 0.717) is 53.0 Å². The van der Waals surface area contributed by atoms with E-state index in [4.69, 9.17) is 9.47 Å². The van der Waals surface area contributed by atoms with Crippen LogP contribution in [0.1, 0.15) is 98.3 Å². The summed E-state index contributed by atoms with van der Waals surface area (Å²) in [7, 11) is 0. The van der Waals surface area contributed by atoms with E-state index in [1.807, 2.05) is 0 Å². The summed E-state index contributed by atoms with van der Waals surface area (Å²) in [6, 6.07) is 1.71. The van der Waals surface area contributed by atoms with E-state index in [-0.39, 0.29) is 24.0 Å². The van der Waals surface area contributed by atoms with Crippen molar-refractivity contribution in [3.05, 3.63) is 48.2 Å². The Hall–Kier alpha value is -1.30. The third-order valence-corrected chi connectivity index (χ3v) is 15.8. The van der Waals surface area contributed by atoms with Crippen molar-refractivity contribution in [2.24, 2.45) is 29.1 Å². The Balaban J connectivity index is 1.10. The van der Waals surface area contributed by atoms with Crippen LogP contribution in [0.25, 0.3) is 0 Å². The highest BCUT2D eigenvalue weighted by Gasteiger charge is 2.73. The lowest BCUT2D eigenvalue weighted by atomic mass is 9.20. The van der Waals surface area contributed by atoms with Crippen molar-refractivity contribution < 1.29 is 9.47 Å². The first-order chi connectivity index (χ1) is 21.4. The molecule has 44 heavy (non-hydrogen) atoms. The molecule has 0 bridgehead atoms. The van der Waals surface area contributed by atoms with Gasteiger partial charge in [0.05, 0.1) is 18.3 Å². The Morgan fingerprint density at radius 1 is 0.864 bits per heavy atom. The number of nitrogens with zero attached hydrogens (tertiary/aromatic N) is 2. The van der Waals surface area contributed by atoms with Gasteiger partial charge >= 0.3 is 0 Å². The van der Waals surface area contributed by atoms with Gasteiger partial charge in [-0.3, -0.25) is 4.90 Å². The van der Waals surface area contributed by atoms with Crippen molar-refractivity contribution in [3.8, 4) is 0 Å². The van der Waals surface area contributed by atoms with Gasteiger partial charge in [0, 0.05) is 41.2 Å². The van der Waals surface area contributed by atoms with E-state index in [2.05, 4.69) is 80.0 Å². The Bertz CT molecular complexity index is 1310.